The molecule has 3 rings (SSSR count). The van der Waals surface area contributed by atoms with Crippen LogP contribution < -0.4 is 20.8 Å². The Hall–Kier alpha value is -3.33. The zero-order valence-electron chi connectivity index (χ0n) is 15.6. The van der Waals surface area contributed by atoms with Crippen LogP contribution in [0.25, 0.3) is 5.70 Å². The highest BCUT2D eigenvalue weighted by molar-refractivity contribution is 8.14. The maximum atomic E-state index is 13.8. The smallest absolute Gasteiger partial charge is 0.247 e. The van der Waals surface area contributed by atoms with Crippen molar-refractivity contribution in [3.05, 3.63) is 66.5 Å². The van der Waals surface area contributed by atoms with E-state index in [4.69, 9.17) is 10.5 Å². The number of thioether (sulfide) groups is 1. The number of methoxy groups -OCH3 is 1. The van der Waals surface area contributed by atoms with Gasteiger partial charge in [0.15, 0.2) is 16.7 Å². The largest absolute Gasteiger partial charge is 0.494 e. The van der Waals surface area contributed by atoms with Gasteiger partial charge < -0.3 is 10.5 Å². The van der Waals surface area contributed by atoms with E-state index in [2.05, 4.69) is 17.1 Å². The van der Waals surface area contributed by atoms with Crippen molar-refractivity contribution in [1.29, 1.82) is 0 Å². The summed E-state index contributed by atoms with van der Waals surface area (Å²) in [5.74, 6) is -1.05. The Morgan fingerprint density at radius 2 is 2.03 bits per heavy atom. The molecule has 1 aliphatic heterocycles. The molecule has 0 aliphatic carbocycles. The molecular formula is C20H19FN4O3S. The van der Waals surface area contributed by atoms with Crippen molar-refractivity contribution in [3.8, 4) is 5.75 Å². The third-order valence-electron chi connectivity index (χ3n) is 4.18. The number of para-hydroxylation sites is 1. The van der Waals surface area contributed by atoms with E-state index in [1.54, 1.807) is 36.4 Å². The molecule has 150 valence electrons. The van der Waals surface area contributed by atoms with Gasteiger partial charge in [-0.25, -0.2) is 9.29 Å². The zero-order chi connectivity index (χ0) is 21.0. The first-order valence-corrected chi connectivity index (χ1v) is 9.49. The van der Waals surface area contributed by atoms with Crippen LogP contribution >= 0.6 is 11.8 Å². The molecule has 3 N–H and O–H groups in total. The quantitative estimate of drug-likeness (QED) is 0.327. The molecule has 2 aromatic carbocycles. The lowest BCUT2D eigenvalue weighted by Crippen LogP contribution is -2.31. The summed E-state index contributed by atoms with van der Waals surface area (Å²) in [6.45, 7) is 3.78. The molecule has 0 radical (unpaired) electrons. The highest BCUT2D eigenvalue weighted by Gasteiger charge is 2.40. The van der Waals surface area contributed by atoms with E-state index in [-0.39, 0.29) is 29.2 Å². The zero-order valence-corrected chi connectivity index (χ0v) is 16.4. The van der Waals surface area contributed by atoms with Crippen molar-refractivity contribution in [2.24, 2.45) is 10.8 Å². The highest BCUT2D eigenvalue weighted by atomic mass is 32.2. The third-order valence-corrected chi connectivity index (χ3v) is 5.17. The minimum absolute atomic E-state index is 0.0270. The first-order valence-electron chi connectivity index (χ1n) is 8.61. The van der Waals surface area contributed by atoms with Gasteiger partial charge in [0.2, 0.25) is 11.8 Å². The lowest BCUT2D eigenvalue weighted by molar-refractivity contribution is -0.121. The Morgan fingerprint density at radius 1 is 1.31 bits per heavy atom. The molecule has 9 heteroatoms. The standard InChI is InChI=1S/C20H19FN4O3S/c1-12(13-8-9-16(28-2)15(21)10-13)23-24-20(22)29-17-11-18(26)25(19(17)27)14-6-4-3-5-7-14/h3-10,17,23H,1,11H2,2H3,(H2,22,24)/t17-/m0/s1. The molecule has 1 saturated heterocycles. The van der Waals surface area contributed by atoms with E-state index in [9.17, 15) is 14.0 Å². The third kappa shape index (κ3) is 4.57. The summed E-state index contributed by atoms with van der Waals surface area (Å²) in [4.78, 5) is 26.0. The van der Waals surface area contributed by atoms with Gasteiger partial charge in [-0.05, 0) is 30.3 Å². The van der Waals surface area contributed by atoms with Gasteiger partial charge >= 0.3 is 0 Å². The van der Waals surface area contributed by atoms with Crippen LogP contribution in [-0.2, 0) is 9.59 Å². The number of hydrogen-bond donors (Lipinski definition) is 2. The van der Waals surface area contributed by atoms with E-state index in [1.165, 1.54) is 19.2 Å². The van der Waals surface area contributed by atoms with Crippen LogP contribution in [0.2, 0.25) is 0 Å². The van der Waals surface area contributed by atoms with Gasteiger partial charge in [0.05, 0.1) is 18.5 Å². The number of benzene rings is 2. The molecule has 2 aromatic rings. The van der Waals surface area contributed by atoms with E-state index in [1.807, 2.05) is 0 Å². The Labute approximate surface area is 171 Å². The van der Waals surface area contributed by atoms with Gasteiger partial charge in [-0.2, -0.15) is 5.10 Å². The average Bonchev–Trinajstić information content (AvgIpc) is 2.99. The molecular weight excluding hydrogens is 395 g/mol. The molecule has 1 atom stereocenters. The minimum Gasteiger partial charge on any atom is -0.494 e. The van der Waals surface area contributed by atoms with Crippen LogP contribution in [0.5, 0.6) is 5.75 Å². The molecule has 2 amide bonds. The Morgan fingerprint density at radius 3 is 2.69 bits per heavy atom. The molecule has 0 saturated carbocycles. The van der Waals surface area contributed by atoms with E-state index < -0.39 is 11.1 Å². The highest BCUT2D eigenvalue weighted by Crippen LogP contribution is 2.29. The Kier molecular flexibility index (Phi) is 6.18. The number of carbonyl (C=O) groups excluding carboxylic acids is 2. The number of nitrogens with one attached hydrogen (secondary N) is 1. The summed E-state index contributed by atoms with van der Waals surface area (Å²) in [5.41, 5.74) is 9.82. The summed E-state index contributed by atoms with van der Waals surface area (Å²) in [5, 5.41) is 3.36. The second-order valence-electron chi connectivity index (χ2n) is 6.10. The van der Waals surface area contributed by atoms with Crippen molar-refractivity contribution >= 4 is 40.1 Å². The summed E-state index contributed by atoms with van der Waals surface area (Å²) >= 11 is 0.982. The number of rotatable bonds is 6. The van der Waals surface area contributed by atoms with E-state index in [0.29, 0.717) is 16.9 Å². The van der Waals surface area contributed by atoms with Crippen LogP contribution in [0, 0.1) is 5.82 Å². The first kappa shape index (κ1) is 20.4. The molecule has 0 unspecified atom stereocenters. The van der Waals surface area contributed by atoms with Gasteiger partial charge in [-0.3, -0.25) is 15.0 Å². The molecule has 0 aromatic heterocycles. The number of hydrazone groups is 1. The normalized spacial score (nSPS) is 16.8. The number of ether oxygens (including phenoxy) is 1. The number of hydrogen-bond acceptors (Lipinski definition) is 6. The van der Waals surface area contributed by atoms with E-state index in [0.717, 1.165) is 16.7 Å². The van der Waals surface area contributed by atoms with Crippen LogP contribution in [0.1, 0.15) is 12.0 Å². The SMILES string of the molecule is C=C(NN=C(N)S[C@H]1CC(=O)N(c2ccccc2)C1=O)c1ccc(OC)c(F)c1. The number of anilines is 1. The van der Waals surface area contributed by atoms with Crippen molar-refractivity contribution < 1.29 is 18.7 Å². The predicted molar refractivity (Wildman–Crippen MR) is 112 cm³/mol. The number of nitrogens with zero attached hydrogens (tertiary/aromatic N) is 2. The summed E-state index contributed by atoms with van der Waals surface area (Å²) < 4.78 is 18.7. The fourth-order valence-electron chi connectivity index (χ4n) is 2.76. The average molecular weight is 414 g/mol. The van der Waals surface area contributed by atoms with Gasteiger partial charge in [-0.15, -0.1) is 0 Å². The number of halogens is 1. The van der Waals surface area contributed by atoms with Crippen molar-refractivity contribution in [1.82, 2.24) is 5.43 Å². The van der Waals surface area contributed by atoms with Crippen LogP contribution in [0.3, 0.4) is 0 Å². The molecule has 1 fully saturated rings. The Bertz CT molecular complexity index is 981. The number of amidine groups is 1. The number of imide groups is 1. The summed E-state index contributed by atoms with van der Waals surface area (Å²) in [7, 11) is 1.38. The fraction of sp³-hybridized carbons (Fsp3) is 0.150. The van der Waals surface area contributed by atoms with Gasteiger partial charge in [0.1, 0.15) is 5.25 Å². The monoisotopic (exact) mass is 414 g/mol. The van der Waals surface area contributed by atoms with E-state index >= 15 is 0 Å². The minimum atomic E-state index is -0.667. The maximum absolute atomic E-state index is 13.8. The Balaban J connectivity index is 1.62. The predicted octanol–water partition coefficient (Wildman–Crippen LogP) is 2.69. The number of amides is 2. The van der Waals surface area contributed by atoms with Gasteiger partial charge in [-0.1, -0.05) is 36.5 Å². The number of nitrogens with two attached hydrogens (primary N) is 1. The lowest BCUT2D eigenvalue weighted by Gasteiger charge is -2.14. The second-order valence-corrected chi connectivity index (χ2v) is 7.33. The fourth-order valence-corrected chi connectivity index (χ4v) is 3.58. The van der Waals surface area contributed by atoms with Crippen molar-refractivity contribution in [2.75, 3.05) is 12.0 Å². The molecule has 7 nitrogen and oxygen atoms in total. The molecule has 1 heterocycles. The molecule has 0 bridgehead atoms. The second kappa shape index (κ2) is 8.78. The van der Waals surface area contributed by atoms with Gasteiger partial charge in [0, 0.05) is 12.0 Å². The molecule has 0 spiro atoms. The molecule has 1 aliphatic rings. The lowest BCUT2D eigenvalue weighted by atomic mass is 10.1. The van der Waals surface area contributed by atoms with Crippen molar-refractivity contribution in [3.63, 3.8) is 0 Å². The summed E-state index contributed by atoms with van der Waals surface area (Å²) in [6.07, 6.45) is 0.0270. The van der Waals surface area contributed by atoms with Crippen molar-refractivity contribution in [2.45, 2.75) is 11.7 Å². The van der Waals surface area contributed by atoms with Crippen LogP contribution in [0.4, 0.5) is 10.1 Å². The van der Waals surface area contributed by atoms with Crippen LogP contribution in [0.15, 0.2) is 60.2 Å². The maximum Gasteiger partial charge on any atom is 0.247 e. The first-order chi connectivity index (χ1) is 13.9. The number of carbonyl (C=O) groups is 2. The van der Waals surface area contributed by atoms with Crippen LogP contribution in [-0.4, -0.2) is 29.3 Å². The molecule has 29 heavy (non-hydrogen) atoms. The van der Waals surface area contributed by atoms with Gasteiger partial charge in [0.25, 0.3) is 0 Å². The topological polar surface area (TPSA) is 97.0 Å². The summed E-state index contributed by atoms with van der Waals surface area (Å²) in [6, 6.07) is 13.0.